The second-order valence-corrected chi connectivity index (χ2v) is 11.1. The molecule has 0 bridgehead atoms. The van der Waals surface area contributed by atoms with Gasteiger partial charge in [-0.1, -0.05) is 69.9 Å². The van der Waals surface area contributed by atoms with Crippen LogP contribution in [0.25, 0.3) is 0 Å². The van der Waals surface area contributed by atoms with E-state index in [-0.39, 0.29) is 0 Å². The third-order valence-corrected chi connectivity index (χ3v) is 8.70. The molecule has 1 nitrogen and oxygen atoms in total. The average molecular weight is 385 g/mol. The molecule has 0 aromatic heterocycles. The summed E-state index contributed by atoms with van der Waals surface area (Å²) in [7, 11) is 8.15. The van der Waals surface area contributed by atoms with Crippen molar-refractivity contribution in [2.24, 2.45) is 5.92 Å². The van der Waals surface area contributed by atoms with Crippen molar-refractivity contribution in [3.63, 3.8) is 0 Å². The van der Waals surface area contributed by atoms with Crippen LogP contribution < -0.4 is 0 Å². The van der Waals surface area contributed by atoms with Crippen LogP contribution in [0.1, 0.15) is 71.6 Å². The number of aliphatic hydroxyl groups is 1. The quantitative estimate of drug-likeness (QED) is 0.204. The molecule has 0 rings (SSSR count). The van der Waals surface area contributed by atoms with Crippen molar-refractivity contribution in [2.45, 2.75) is 71.6 Å². The van der Waals surface area contributed by atoms with Crippen LogP contribution in [0.3, 0.4) is 0 Å². The van der Waals surface area contributed by atoms with Crippen molar-refractivity contribution in [3.05, 3.63) is 0 Å². The molecule has 0 saturated heterocycles. The Kier molecular flexibility index (Phi) is 21.7. The van der Waals surface area contributed by atoms with E-state index in [0.717, 1.165) is 12.3 Å². The van der Waals surface area contributed by atoms with Gasteiger partial charge in [0.15, 0.2) is 0 Å². The summed E-state index contributed by atoms with van der Waals surface area (Å²) in [4.78, 5) is 0. The van der Waals surface area contributed by atoms with Gasteiger partial charge >= 0.3 is 0 Å². The Hall–Kier alpha value is 1.36. The van der Waals surface area contributed by atoms with Gasteiger partial charge in [-0.05, 0) is 50.9 Å². The molecular weight excluding hydrogens is 348 g/mol. The number of hydrogen-bond acceptors (Lipinski definition) is 5. The molecule has 0 spiro atoms. The van der Waals surface area contributed by atoms with Crippen molar-refractivity contribution < 1.29 is 5.11 Å². The lowest BCUT2D eigenvalue weighted by atomic mass is 9.95. The molecule has 5 heteroatoms. The Morgan fingerprint density at radius 3 is 1.41 bits per heavy atom. The fourth-order valence-corrected chi connectivity index (χ4v) is 6.80. The first kappa shape index (κ1) is 23.4. The zero-order valence-corrected chi connectivity index (χ0v) is 17.8. The summed E-state index contributed by atoms with van der Waals surface area (Å²) < 4.78 is 0. The Morgan fingerprint density at radius 2 is 1.05 bits per heavy atom. The van der Waals surface area contributed by atoms with Crippen LogP contribution in [-0.2, 0) is 0 Å². The first-order chi connectivity index (χ1) is 10.8. The van der Waals surface area contributed by atoms with E-state index >= 15 is 0 Å². The summed E-state index contributed by atoms with van der Waals surface area (Å²) >= 11 is 0. The minimum Gasteiger partial charge on any atom is -0.396 e. The lowest BCUT2D eigenvalue weighted by Gasteiger charge is -2.15. The fraction of sp³-hybridized carbons (Fsp3) is 1.00. The second kappa shape index (κ2) is 20.4. The third-order valence-electron chi connectivity index (χ3n) is 3.55. The van der Waals surface area contributed by atoms with E-state index in [1.54, 1.807) is 0 Å². The van der Waals surface area contributed by atoms with Gasteiger partial charge in [0.05, 0.1) is 0 Å². The Balaban J connectivity index is 3.44. The minimum atomic E-state index is 0.363. The molecule has 0 unspecified atom stereocenters. The van der Waals surface area contributed by atoms with E-state index in [9.17, 15) is 5.11 Å². The lowest BCUT2D eigenvalue weighted by molar-refractivity contribution is 0.245. The lowest BCUT2D eigenvalue weighted by Crippen LogP contribution is -2.04. The summed E-state index contributed by atoms with van der Waals surface area (Å²) in [5.41, 5.74) is 0. The van der Waals surface area contributed by atoms with Gasteiger partial charge in [0.25, 0.3) is 0 Å². The Morgan fingerprint density at radius 1 is 0.636 bits per heavy atom. The van der Waals surface area contributed by atoms with E-state index < -0.39 is 0 Å². The number of unbranched alkanes of at least 4 members (excludes halogenated alkanes) is 2. The van der Waals surface area contributed by atoms with Gasteiger partial charge in [-0.25, -0.2) is 0 Å². The van der Waals surface area contributed by atoms with Crippen LogP contribution in [0.4, 0.5) is 0 Å². The summed E-state index contributed by atoms with van der Waals surface area (Å²) in [5, 5.41) is 9.22. The first-order valence-corrected chi connectivity index (χ1v) is 13.9. The monoisotopic (exact) mass is 384 g/mol. The highest BCUT2D eigenvalue weighted by Gasteiger charge is 2.08. The minimum absolute atomic E-state index is 0.363. The average Bonchev–Trinajstić information content (AvgIpc) is 2.53. The smallest absolute Gasteiger partial charge is 0.0433 e. The first-order valence-electron chi connectivity index (χ1n) is 8.94. The van der Waals surface area contributed by atoms with Crippen LogP contribution in [0.5, 0.6) is 0 Å². The molecule has 0 heterocycles. The summed E-state index contributed by atoms with van der Waals surface area (Å²) in [5.74, 6) is 5.89. The topological polar surface area (TPSA) is 20.2 Å². The molecule has 0 amide bonds. The molecule has 134 valence electrons. The molecule has 0 aliphatic carbocycles. The largest absolute Gasteiger partial charge is 0.396 e. The SMILES string of the molecule is CCCCSSCCCC(CCO)CCCSSCCCC. The van der Waals surface area contributed by atoms with Crippen LogP contribution in [-0.4, -0.2) is 34.7 Å². The standard InChI is InChI=1S/C17H36OS4/c1-3-5-13-19-21-15-7-9-17(11-12-18)10-8-16-22-20-14-6-4-2/h17-18H,3-16H2,1-2H3. The molecule has 0 aromatic rings. The number of rotatable bonds is 18. The van der Waals surface area contributed by atoms with Gasteiger partial charge < -0.3 is 5.11 Å². The van der Waals surface area contributed by atoms with Crippen molar-refractivity contribution in [1.82, 2.24) is 0 Å². The molecule has 0 radical (unpaired) electrons. The van der Waals surface area contributed by atoms with E-state index in [4.69, 9.17) is 0 Å². The summed E-state index contributed by atoms with van der Waals surface area (Å²) in [6.45, 7) is 4.87. The normalized spacial score (nSPS) is 11.5. The van der Waals surface area contributed by atoms with E-state index in [1.807, 2.05) is 43.2 Å². The van der Waals surface area contributed by atoms with Gasteiger partial charge in [0, 0.05) is 29.6 Å². The highest BCUT2D eigenvalue weighted by molar-refractivity contribution is 8.77. The van der Waals surface area contributed by atoms with Crippen LogP contribution in [0, 0.1) is 5.92 Å². The zero-order valence-electron chi connectivity index (χ0n) is 14.6. The second-order valence-electron chi connectivity index (χ2n) is 5.66. The molecule has 22 heavy (non-hydrogen) atoms. The predicted molar refractivity (Wildman–Crippen MR) is 113 cm³/mol. The molecule has 0 atom stereocenters. The van der Waals surface area contributed by atoms with E-state index in [2.05, 4.69) is 13.8 Å². The van der Waals surface area contributed by atoms with Gasteiger partial charge in [-0.15, -0.1) is 0 Å². The maximum atomic E-state index is 9.22. The molecule has 0 fully saturated rings. The van der Waals surface area contributed by atoms with Gasteiger partial charge in [-0.2, -0.15) is 0 Å². The number of hydrogen-bond donors (Lipinski definition) is 1. The van der Waals surface area contributed by atoms with Crippen LogP contribution in [0.15, 0.2) is 0 Å². The van der Waals surface area contributed by atoms with Gasteiger partial charge in [0.2, 0.25) is 0 Å². The van der Waals surface area contributed by atoms with Crippen LogP contribution in [0.2, 0.25) is 0 Å². The van der Waals surface area contributed by atoms with Gasteiger partial charge in [-0.3, -0.25) is 0 Å². The van der Waals surface area contributed by atoms with E-state index in [1.165, 1.54) is 74.4 Å². The Labute approximate surface area is 155 Å². The molecular formula is C17H36OS4. The summed E-state index contributed by atoms with van der Waals surface area (Å²) in [6, 6.07) is 0. The highest BCUT2D eigenvalue weighted by atomic mass is 33.1. The highest BCUT2D eigenvalue weighted by Crippen LogP contribution is 2.28. The number of aliphatic hydroxyl groups excluding tert-OH is 1. The third kappa shape index (κ3) is 17.7. The molecule has 1 N–H and O–H groups in total. The summed E-state index contributed by atoms with van der Waals surface area (Å²) in [6.07, 6.45) is 11.5. The fourth-order valence-electron chi connectivity index (χ4n) is 2.12. The molecule has 0 aliphatic rings. The van der Waals surface area contributed by atoms with E-state index in [0.29, 0.717) is 6.61 Å². The molecule has 0 aliphatic heterocycles. The Bertz CT molecular complexity index is 187. The van der Waals surface area contributed by atoms with Crippen molar-refractivity contribution in [2.75, 3.05) is 29.6 Å². The maximum absolute atomic E-state index is 9.22. The molecule has 0 saturated carbocycles. The maximum Gasteiger partial charge on any atom is 0.0433 e. The molecule has 0 aromatic carbocycles. The van der Waals surface area contributed by atoms with Crippen molar-refractivity contribution in [3.8, 4) is 0 Å². The predicted octanol–water partition coefficient (Wildman–Crippen LogP) is 6.91. The van der Waals surface area contributed by atoms with Gasteiger partial charge in [0.1, 0.15) is 0 Å². The van der Waals surface area contributed by atoms with Crippen molar-refractivity contribution >= 4 is 43.2 Å². The zero-order chi connectivity index (χ0) is 16.3. The van der Waals surface area contributed by atoms with Crippen LogP contribution >= 0.6 is 43.2 Å². The van der Waals surface area contributed by atoms with Crippen molar-refractivity contribution in [1.29, 1.82) is 0 Å².